The quantitative estimate of drug-likeness (QED) is 0.133. The zero-order chi connectivity index (χ0) is 59.1. The molecule has 0 radical (unpaired) electrons. The standard InChI is InChI=1S/C38H30N4O2.C37H30N5O2.Ir/c1-7-33-29-13-17-31(18-14-29)43-23-3-5-27-11-21-35(39-25-27)37-9-2-10-38(42-37)36-22-12-28(26-40-36)6-4-24-44-32-19-15-30(16-20-32)34(8-1)41-33;1-7-28-21-29(8-1)33-18-14-31(25-41-33)44-20-4-6-27-12-16-35(39-23-27)37-10-2-9-36(42-37)34-15-11-26(22-38-34)5-3-19-43-30-13-17-32(28)40-24-30;/h1-2,7-13,15,17-22,25-26H,3-6,23-24H2;1-2,7-18,22-25H,3-6,19-20H2;/q-2;-1;+3. The van der Waals surface area contributed by atoms with E-state index in [0.29, 0.717) is 26.4 Å². The van der Waals surface area contributed by atoms with E-state index in [2.05, 4.69) is 62.4 Å². The van der Waals surface area contributed by atoms with Gasteiger partial charge in [0.1, 0.15) is 11.5 Å². The van der Waals surface area contributed by atoms with E-state index in [1.807, 2.05) is 183 Å². The Hall–Kier alpha value is -10.1. The molecule has 26 heterocycles. The summed E-state index contributed by atoms with van der Waals surface area (Å²) in [6.45, 7) is 2.39. The molecular formula is C75H60IrN9O4. The van der Waals surface area contributed by atoms with Crippen molar-refractivity contribution < 1.29 is 39.1 Å². The van der Waals surface area contributed by atoms with Crippen LogP contribution >= 0.6 is 0 Å². The van der Waals surface area contributed by atoms with Gasteiger partial charge < -0.3 is 23.9 Å². The predicted molar refractivity (Wildman–Crippen MR) is 341 cm³/mol. The molecule has 0 saturated heterocycles. The second-order valence-corrected chi connectivity index (χ2v) is 21.4. The van der Waals surface area contributed by atoms with Gasteiger partial charge in [-0.3, -0.25) is 29.9 Å². The maximum Gasteiger partial charge on any atom is 3.00 e. The second kappa shape index (κ2) is 29.0. The molecule has 0 unspecified atom stereocenters. The second-order valence-electron chi connectivity index (χ2n) is 21.4. The smallest absolute Gasteiger partial charge is 0.537 e. The molecule has 17 aliphatic heterocycles. The van der Waals surface area contributed by atoms with Gasteiger partial charge in [-0.15, -0.1) is 83.9 Å². The number of benzene rings is 3. The van der Waals surface area contributed by atoms with Gasteiger partial charge in [0, 0.05) is 47.7 Å². The predicted octanol–water partition coefficient (Wildman–Crippen LogP) is 15.3. The van der Waals surface area contributed by atoms with Crippen molar-refractivity contribution in [2.75, 3.05) is 26.4 Å². The van der Waals surface area contributed by atoms with E-state index in [0.717, 1.165) is 187 Å². The van der Waals surface area contributed by atoms with Crippen molar-refractivity contribution in [1.29, 1.82) is 0 Å². The fraction of sp³-hybridized carbons (Fsp3) is 0.160. The van der Waals surface area contributed by atoms with Crippen LogP contribution < -0.4 is 18.9 Å². The van der Waals surface area contributed by atoms with Gasteiger partial charge >= 0.3 is 20.1 Å². The molecule has 0 N–H and O–H groups in total. The first-order valence-electron chi connectivity index (χ1n) is 29.8. The first-order chi connectivity index (χ1) is 43.5. The monoisotopic (exact) mass is 1340 g/mol. The van der Waals surface area contributed by atoms with Crippen molar-refractivity contribution in [2.45, 2.75) is 51.4 Å². The van der Waals surface area contributed by atoms with Gasteiger partial charge in [0.25, 0.3) is 0 Å². The van der Waals surface area contributed by atoms with Crippen LogP contribution in [0, 0.1) is 18.2 Å². The molecule has 14 heteroatoms. The third-order valence-electron chi connectivity index (χ3n) is 15.1. The molecule has 0 amide bonds. The summed E-state index contributed by atoms with van der Waals surface area (Å²) in [5.41, 5.74) is 18.3. The van der Waals surface area contributed by atoms with Crippen LogP contribution in [0.4, 0.5) is 0 Å². The molecule has 438 valence electrons. The molecule has 9 aromatic heterocycles. The molecule has 0 saturated carbocycles. The van der Waals surface area contributed by atoms with Gasteiger partial charge in [-0.25, -0.2) is 9.97 Å². The number of hydrogen-bond acceptors (Lipinski definition) is 13. The summed E-state index contributed by atoms with van der Waals surface area (Å²) in [5.74, 6) is 3.06. The summed E-state index contributed by atoms with van der Waals surface area (Å²) in [7, 11) is 0. The Labute approximate surface area is 531 Å². The Balaban J connectivity index is 0.000000171. The molecule has 13 nitrogen and oxygen atoms in total. The van der Waals surface area contributed by atoms with Crippen molar-refractivity contribution in [3.05, 3.63) is 260 Å². The number of rotatable bonds is 0. The van der Waals surface area contributed by atoms with Crippen LogP contribution in [-0.4, -0.2) is 71.3 Å². The summed E-state index contributed by atoms with van der Waals surface area (Å²) in [5, 5.41) is 0. The Morgan fingerprint density at radius 1 is 0.258 bits per heavy atom. The Morgan fingerprint density at radius 3 is 0.876 bits per heavy atom. The molecule has 0 atom stereocenters. The maximum atomic E-state index is 6.00. The third-order valence-corrected chi connectivity index (χ3v) is 15.1. The Morgan fingerprint density at radius 2 is 0.562 bits per heavy atom. The molecule has 12 aromatic rings. The molecule has 24 bridgehead atoms. The average molecular weight is 1340 g/mol. The number of aryl methyl sites for hydroxylation is 4. The number of hydrogen-bond donors (Lipinski definition) is 0. The van der Waals surface area contributed by atoms with Crippen LogP contribution in [0.3, 0.4) is 0 Å². The van der Waals surface area contributed by atoms with Crippen molar-refractivity contribution in [2.24, 2.45) is 0 Å². The molecule has 29 rings (SSSR count). The topological polar surface area (TPSA) is 153 Å². The maximum absolute atomic E-state index is 6.00. The first kappa shape index (κ1) is 59.2. The normalized spacial score (nSPS) is 13.1. The summed E-state index contributed by atoms with van der Waals surface area (Å²) in [4.78, 5) is 42.6. The summed E-state index contributed by atoms with van der Waals surface area (Å²) >= 11 is 0. The Kier molecular flexibility index (Phi) is 19.3. The fourth-order valence-corrected chi connectivity index (χ4v) is 10.3. The molecule has 89 heavy (non-hydrogen) atoms. The van der Waals surface area contributed by atoms with E-state index < -0.39 is 0 Å². The van der Waals surface area contributed by atoms with E-state index in [1.54, 1.807) is 12.4 Å². The molecular weight excluding hydrogens is 1280 g/mol. The van der Waals surface area contributed by atoms with Gasteiger partial charge in [-0.2, -0.15) is 0 Å². The minimum Gasteiger partial charge on any atom is -0.537 e. The van der Waals surface area contributed by atoms with E-state index >= 15 is 0 Å². The van der Waals surface area contributed by atoms with Gasteiger partial charge in [0.05, 0.1) is 84.4 Å². The van der Waals surface area contributed by atoms with Crippen LogP contribution in [0.25, 0.3) is 90.6 Å². The van der Waals surface area contributed by atoms with E-state index in [-0.39, 0.29) is 20.1 Å². The number of ether oxygens (including phenoxy) is 4. The van der Waals surface area contributed by atoms with Crippen molar-refractivity contribution in [3.63, 3.8) is 0 Å². The fourth-order valence-electron chi connectivity index (χ4n) is 10.3. The third kappa shape index (κ3) is 15.5. The van der Waals surface area contributed by atoms with Gasteiger partial charge in [0.15, 0.2) is 0 Å². The molecule has 0 fully saturated rings. The largest absolute Gasteiger partial charge is 3.00 e. The summed E-state index contributed by atoms with van der Waals surface area (Å²) in [6, 6.07) is 70.1. The molecule has 0 aliphatic carbocycles. The van der Waals surface area contributed by atoms with E-state index in [4.69, 9.17) is 43.9 Å². The number of aromatic nitrogens is 9. The zero-order valence-corrected chi connectivity index (χ0v) is 51.2. The minimum atomic E-state index is 0. The SMILES string of the molecule is [Ir+3].[c-]1c2cccc1-c1ccc(cn1)OCCCc1ccc(nc1)-c1cccc(n1)-c1ccc(cn1)CCCOc1ccc-2nc1.[c-]1cc2ccc1-c1cccc(n1)-c1[c-]cc(cc1)OCCCc1ccc(nc1)-c1cccc(n1)-c1ccc(cn1)CCCO2. The average Bonchev–Trinajstić information content (AvgIpc) is 3.78. The minimum absolute atomic E-state index is 0. The van der Waals surface area contributed by atoms with Crippen molar-refractivity contribution in [1.82, 2.24) is 44.9 Å². The van der Waals surface area contributed by atoms with Gasteiger partial charge in [-0.05, 0) is 146 Å². The van der Waals surface area contributed by atoms with Crippen LogP contribution in [0.15, 0.2) is 219 Å². The summed E-state index contributed by atoms with van der Waals surface area (Å²) < 4.78 is 23.9. The van der Waals surface area contributed by atoms with Crippen molar-refractivity contribution in [3.8, 4) is 114 Å². The van der Waals surface area contributed by atoms with Crippen LogP contribution in [0.2, 0.25) is 0 Å². The van der Waals surface area contributed by atoms with E-state index in [9.17, 15) is 0 Å². The molecule has 0 spiro atoms. The van der Waals surface area contributed by atoms with Gasteiger partial charge in [-0.1, -0.05) is 77.9 Å². The number of pyridine rings is 9. The van der Waals surface area contributed by atoms with Crippen LogP contribution in [0.5, 0.6) is 23.0 Å². The Bertz CT molecular complexity index is 3420. The number of nitrogens with zero attached hydrogens (tertiary/aromatic N) is 9. The molecule has 17 aliphatic rings. The van der Waals surface area contributed by atoms with Gasteiger partial charge in [0.2, 0.25) is 0 Å². The van der Waals surface area contributed by atoms with Crippen molar-refractivity contribution >= 4 is 0 Å². The first-order valence-corrected chi connectivity index (χ1v) is 29.8. The van der Waals surface area contributed by atoms with E-state index in [1.165, 1.54) is 0 Å². The zero-order valence-electron chi connectivity index (χ0n) is 48.8. The summed E-state index contributed by atoms with van der Waals surface area (Å²) in [6.07, 6.45) is 18.2. The van der Waals surface area contributed by atoms with Crippen LogP contribution in [0.1, 0.15) is 47.9 Å². The van der Waals surface area contributed by atoms with Crippen LogP contribution in [-0.2, 0) is 45.8 Å². The molecule has 3 aromatic carbocycles.